The van der Waals surface area contributed by atoms with Crippen LogP contribution in [0.5, 0.6) is 0 Å². The van der Waals surface area contributed by atoms with Gasteiger partial charge >= 0.3 is 0 Å². The van der Waals surface area contributed by atoms with Crippen LogP contribution in [0.1, 0.15) is 36.0 Å². The fraction of sp³-hybridized carbons (Fsp3) is 0.462. The van der Waals surface area contributed by atoms with Crippen molar-refractivity contribution in [3.63, 3.8) is 0 Å². The summed E-state index contributed by atoms with van der Waals surface area (Å²) >= 11 is 11.7. The van der Waals surface area contributed by atoms with E-state index in [2.05, 4.69) is 5.32 Å². The summed E-state index contributed by atoms with van der Waals surface area (Å²) in [5, 5.41) is 13.5. The molecule has 0 radical (unpaired) electrons. The summed E-state index contributed by atoms with van der Waals surface area (Å²) in [6.07, 6.45) is 4.56. The van der Waals surface area contributed by atoms with Crippen LogP contribution in [0, 0.1) is 16.0 Å². The molecule has 1 amide bonds. The van der Waals surface area contributed by atoms with E-state index in [1.54, 1.807) is 0 Å². The van der Waals surface area contributed by atoms with Crippen molar-refractivity contribution in [2.75, 3.05) is 6.54 Å². The summed E-state index contributed by atoms with van der Waals surface area (Å²) in [6.45, 7) is 0.534. The molecule has 0 heterocycles. The van der Waals surface area contributed by atoms with Crippen molar-refractivity contribution < 1.29 is 9.72 Å². The second-order valence-corrected chi connectivity index (χ2v) is 5.67. The molecule has 20 heavy (non-hydrogen) atoms. The largest absolute Gasteiger partial charge is 0.352 e. The Balaban J connectivity index is 2.01. The molecule has 108 valence electrons. The van der Waals surface area contributed by atoms with Gasteiger partial charge in [0, 0.05) is 18.7 Å². The average Bonchev–Trinajstić information content (AvgIpc) is 3.21. The third kappa shape index (κ3) is 3.84. The maximum atomic E-state index is 12.0. The predicted molar refractivity (Wildman–Crippen MR) is 77.4 cm³/mol. The lowest BCUT2D eigenvalue weighted by Gasteiger charge is -2.07. The Morgan fingerprint density at radius 2 is 2.10 bits per heavy atom. The first kappa shape index (κ1) is 15.1. The molecule has 1 aliphatic rings. The molecule has 0 spiro atoms. The van der Waals surface area contributed by atoms with Gasteiger partial charge in [-0.05, 0) is 18.8 Å². The Bertz CT molecular complexity index is 545. The first-order valence-corrected chi connectivity index (χ1v) is 7.16. The average molecular weight is 317 g/mol. The topological polar surface area (TPSA) is 72.2 Å². The molecule has 2 rings (SSSR count). The van der Waals surface area contributed by atoms with Crippen LogP contribution in [-0.4, -0.2) is 17.4 Å². The van der Waals surface area contributed by atoms with Gasteiger partial charge in [0.05, 0.1) is 20.5 Å². The molecule has 1 saturated carbocycles. The highest BCUT2D eigenvalue weighted by Gasteiger charge is 2.21. The first-order valence-electron chi connectivity index (χ1n) is 6.40. The van der Waals surface area contributed by atoms with E-state index in [1.807, 2.05) is 0 Å². The summed E-state index contributed by atoms with van der Waals surface area (Å²) in [5.41, 5.74) is -0.209. The normalized spacial score (nSPS) is 14.1. The van der Waals surface area contributed by atoms with E-state index in [-0.39, 0.29) is 21.3 Å². The summed E-state index contributed by atoms with van der Waals surface area (Å²) in [6, 6.07) is 2.28. The molecule has 7 heteroatoms. The summed E-state index contributed by atoms with van der Waals surface area (Å²) in [7, 11) is 0. The molecular weight excluding hydrogens is 303 g/mol. The number of hydrogen-bond donors (Lipinski definition) is 1. The van der Waals surface area contributed by atoms with Crippen LogP contribution < -0.4 is 5.32 Å². The number of nitro groups is 1. The summed E-state index contributed by atoms with van der Waals surface area (Å²) in [4.78, 5) is 22.1. The van der Waals surface area contributed by atoms with Gasteiger partial charge < -0.3 is 5.32 Å². The van der Waals surface area contributed by atoms with Crippen molar-refractivity contribution in [3.05, 3.63) is 37.9 Å². The van der Waals surface area contributed by atoms with Crippen molar-refractivity contribution in [2.45, 2.75) is 25.7 Å². The second kappa shape index (κ2) is 6.41. The molecular formula is C13H14Cl2N2O3. The molecule has 0 bridgehead atoms. The smallest absolute Gasteiger partial charge is 0.271 e. The Labute approximate surface area is 126 Å². The van der Waals surface area contributed by atoms with Crippen LogP contribution in [0.2, 0.25) is 10.0 Å². The molecule has 1 aromatic carbocycles. The standard InChI is InChI=1S/C13H14Cl2N2O3/c14-11-7-9(17(19)20)6-10(12(11)15)13(18)16-5-1-2-8-3-4-8/h6-8H,1-5H2,(H,16,18). The van der Waals surface area contributed by atoms with Crippen LogP contribution in [0.3, 0.4) is 0 Å². The molecule has 5 nitrogen and oxygen atoms in total. The fourth-order valence-corrected chi connectivity index (χ4v) is 2.35. The zero-order valence-electron chi connectivity index (χ0n) is 10.7. The number of nitrogens with zero attached hydrogens (tertiary/aromatic N) is 1. The number of carbonyl (C=O) groups is 1. The highest BCUT2D eigenvalue weighted by atomic mass is 35.5. The third-order valence-corrected chi connectivity index (χ3v) is 4.04. The quantitative estimate of drug-likeness (QED) is 0.492. The van der Waals surface area contributed by atoms with Crippen molar-refractivity contribution in [1.29, 1.82) is 0 Å². The number of nitrogens with one attached hydrogen (secondary N) is 1. The van der Waals surface area contributed by atoms with Crippen LogP contribution in [-0.2, 0) is 0 Å². The van der Waals surface area contributed by atoms with Crippen molar-refractivity contribution >= 4 is 34.8 Å². The van der Waals surface area contributed by atoms with Crippen LogP contribution in [0.25, 0.3) is 0 Å². The van der Waals surface area contributed by atoms with Crippen molar-refractivity contribution in [1.82, 2.24) is 5.32 Å². The number of hydrogen-bond acceptors (Lipinski definition) is 3. The predicted octanol–water partition coefficient (Wildman–Crippen LogP) is 3.82. The lowest BCUT2D eigenvalue weighted by atomic mass is 10.1. The van der Waals surface area contributed by atoms with E-state index in [0.29, 0.717) is 6.54 Å². The van der Waals surface area contributed by atoms with Crippen molar-refractivity contribution in [2.24, 2.45) is 5.92 Å². The van der Waals surface area contributed by atoms with Gasteiger partial charge in [0.2, 0.25) is 0 Å². The fourth-order valence-electron chi connectivity index (χ4n) is 1.94. The Morgan fingerprint density at radius 3 is 2.70 bits per heavy atom. The van der Waals surface area contributed by atoms with Crippen molar-refractivity contribution in [3.8, 4) is 0 Å². The summed E-state index contributed by atoms with van der Waals surface area (Å²) in [5.74, 6) is 0.374. The van der Waals surface area contributed by atoms with E-state index < -0.39 is 10.8 Å². The Hall–Kier alpha value is -1.33. The minimum Gasteiger partial charge on any atom is -0.352 e. The molecule has 0 unspecified atom stereocenters. The van der Waals surface area contributed by atoms with E-state index in [1.165, 1.54) is 12.8 Å². The van der Waals surface area contributed by atoms with Gasteiger partial charge in [-0.2, -0.15) is 0 Å². The van der Waals surface area contributed by atoms with E-state index in [4.69, 9.17) is 23.2 Å². The van der Waals surface area contributed by atoms with Gasteiger partial charge in [-0.3, -0.25) is 14.9 Å². The Morgan fingerprint density at radius 1 is 1.40 bits per heavy atom. The summed E-state index contributed by atoms with van der Waals surface area (Å²) < 4.78 is 0. The van der Waals surface area contributed by atoms with Gasteiger partial charge in [-0.15, -0.1) is 0 Å². The minimum atomic E-state index is -0.605. The van der Waals surface area contributed by atoms with Crippen LogP contribution in [0.15, 0.2) is 12.1 Å². The number of benzene rings is 1. The number of non-ortho nitro benzene ring substituents is 1. The van der Waals surface area contributed by atoms with Gasteiger partial charge in [0.15, 0.2) is 0 Å². The first-order chi connectivity index (χ1) is 9.49. The van der Waals surface area contributed by atoms with Gasteiger partial charge in [-0.25, -0.2) is 0 Å². The highest BCUT2D eigenvalue weighted by Crippen LogP contribution is 2.33. The van der Waals surface area contributed by atoms with Crippen LogP contribution in [0.4, 0.5) is 5.69 Å². The second-order valence-electron chi connectivity index (χ2n) is 4.89. The van der Waals surface area contributed by atoms with E-state index in [9.17, 15) is 14.9 Å². The lowest BCUT2D eigenvalue weighted by Crippen LogP contribution is -2.25. The number of nitro benzene ring substituents is 1. The molecule has 1 aromatic rings. The van der Waals surface area contributed by atoms with Crippen LogP contribution >= 0.6 is 23.2 Å². The zero-order valence-corrected chi connectivity index (χ0v) is 12.2. The molecule has 0 aliphatic heterocycles. The number of halogens is 2. The van der Waals surface area contributed by atoms with Gasteiger partial charge in [0.1, 0.15) is 0 Å². The number of rotatable bonds is 6. The monoisotopic (exact) mass is 316 g/mol. The van der Waals surface area contributed by atoms with E-state index >= 15 is 0 Å². The molecule has 1 aliphatic carbocycles. The molecule has 0 aromatic heterocycles. The van der Waals surface area contributed by atoms with Gasteiger partial charge in [-0.1, -0.05) is 36.0 Å². The highest BCUT2D eigenvalue weighted by molar-refractivity contribution is 6.44. The number of amides is 1. The molecule has 0 saturated heterocycles. The number of carbonyl (C=O) groups excluding carboxylic acids is 1. The van der Waals surface area contributed by atoms with E-state index in [0.717, 1.165) is 30.9 Å². The molecule has 1 N–H and O–H groups in total. The minimum absolute atomic E-state index is 0.00370. The molecule has 1 fully saturated rings. The lowest BCUT2D eigenvalue weighted by molar-refractivity contribution is -0.384. The van der Waals surface area contributed by atoms with Gasteiger partial charge in [0.25, 0.3) is 11.6 Å². The molecule has 0 atom stereocenters. The zero-order chi connectivity index (χ0) is 14.7. The third-order valence-electron chi connectivity index (χ3n) is 3.24. The maximum Gasteiger partial charge on any atom is 0.271 e. The SMILES string of the molecule is O=C(NCCCC1CC1)c1cc([N+](=O)[O-])cc(Cl)c1Cl. The maximum absolute atomic E-state index is 12.0. The Kier molecular flexibility index (Phi) is 4.83.